The van der Waals surface area contributed by atoms with Crippen molar-refractivity contribution < 1.29 is 4.79 Å². The Labute approximate surface area is 131 Å². The maximum absolute atomic E-state index is 11.9. The Morgan fingerprint density at radius 2 is 1.76 bits per heavy atom. The Balaban J connectivity index is 1.74. The minimum absolute atomic E-state index is 0.0811. The van der Waals surface area contributed by atoms with E-state index in [4.69, 9.17) is 0 Å². The van der Waals surface area contributed by atoms with Crippen molar-refractivity contribution in [1.29, 1.82) is 0 Å². The van der Waals surface area contributed by atoms with Crippen molar-refractivity contribution in [3.63, 3.8) is 0 Å². The van der Waals surface area contributed by atoms with Crippen molar-refractivity contribution in [2.75, 3.05) is 5.32 Å². The van der Waals surface area contributed by atoms with Crippen molar-refractivity contribution >= 4 is 23.4 Å². The summed E-state index contributed by atoms with van der Waals surface area (Å²) in [4.78, 5) is 13.2. The molecule has 2 nitrogen and oxygen atoms in total. The topological polar surface area (TPSA) is 29.1 Å². The summed E-state index contributed by atoms with van der Waals surface area (Å²) in [6.45, 7) is 4.26. The highest BCUT2D eigenvalue weighted by Gasteiger charge is 2.08. The lowest BCUT2D eigenvalue weighted by atomic mass is 10.2. The maximum Gasteiger partial charge on any atom is 0.224 e. The van der Waals surface area contributed by atoms with Crippen LogP contribution in [-0.2, 0) is 4.79 Å². The van der Waals surface area contributed by atoms with Crippen LogP contribution in [0.1, 0.15) is 25.3 Å². The van der Waals surface area contributed by atoms with E-state index in [1.54, 1.807) is 0 Å². The summed E-state index contributed by atoms with van der Waals surface area (Å²) in [6, 6.07) is 18.1. The number of rotatable bonds is 6. The third kappa shape index (κ3) is 5.64. The van der Waals surface area contributed by atoms with Gasteiger partial charge in [-0.25, -0.2) is 0 Å². The monoisotopic (exact) mass is 299 g/mol. The first-order valence-electron chi connectivity index (χ1n) is 7.22. The van der Waals surface area contributed by atoms with E-state index >= 15 is 0 Å². The molecule has 0 aliphatic rings. The predicted octanol–water partition coefficient (Wildman–Crippen LogP) is 4.89. The van der Waals surface area contributed by atoms with E-state index in [0.29, 0.717) is 11.7 Å². The number of benzene rings is 2. The minimum Gasteiger partial charge on any atom is -0.326 e. The number of thioether (sulfide) groups is 1. The van der Waals surface area contributed by atoms with Gasteiger partial charge in [-0.1, -0.05) is 42.8 Å². The van der Waals surface area contributed by atoms with Gasteiger partial charge in [0, 0.05) is 22.3 Å². The molecular formula is C18H21NOS. The third-order valence-corrected chi connectivity index (χ3v) is 4.38. The Morgan fingerprint density at radius 3 is 2.43 bits per heavy atom. The van der Waals surface area contributed by atoms with E-state index in [1.165, 1.54) is 10.5 Å². The molecular weight excluding hydrogens is 278 g/mol. The Kier molecular flexibility index (Phi) is 5.88. The number of hydrogen-bond acceptors (Lipinski definition) is 2. The fraction of sp³-hybridized carbons (Fsp3) is 0.278. The van der Waals surface area contributed by atoms with Crippen LogP contribution in [0.2, 0.25) is 0 Å². The molecule has 0 aliphatic heterocycles. The number of hydrogen-bond donors (Lipinski definition) is 1. The zero-order valence-corrected chi connectivity index (χ0v) is 13.3. The lowest BCUT2D eigenvalue weighted by Gasteiger charge is -2.11. The summed E-state index contributed by atoms with van der Waals surface area (Å²) in [5, 5.41) is 3.35. The molecule has 0 saturated heterocycles. The van der Waals surface area contributed by atoms with Crippen LogP contribution in [0, 0.1) is 6.92 Å². The quantitative estimate of drug-likeness (QED) is 0.769. The molecule has 0 aliphatic carbocycles. The van der Waals surface area contributed by atoms with Crippen molar-refractivity contribution in [3.8, 4) is 0 Å². The molecule has 3 heteroatoms. The summed E-state index contributed by atoms with van der Waals surface area (Å²) in [5.74, 6) is 0.0811. The van der Waals surface area contributed by atoms with Crippen LogP contribution in [0.3, 0.4) is 0 Å². The highest BCUT2D eigenvalue weighted by molar-refractivity contribution is 7.99. The van der Waals surface area contributed by atoms with Crippen LogP contribution in [0.25, 0.3) is 0 Å². The molecule has 1 atom stereocenters. The molecule has 1 amide bonds. The molecule has 1 N–H and O–H groups in total. The maximum atomic E-state index is 11.9. The summed E-state index contributed by atoms with van der Waals surface area (Å²) < 4.78 is 0. The van der Waals surface area contributed by atoms with Crippen molar-refractivity contribution in [2.24, 2.45) is 0 Å². The lowest BCUT2D eigenvalue weighted by molar-refractivity contribution is -0.116. The molecule has 0 bridgehead atoms. The molecule has 0 spiro atoms. The van der Waals surface area contributed by atoms with Gasteiger partial charge in [0.25, 0.3) is 0 Å². The predicted molar refractivity (Wildman–Crippen MR) is 90.8 cm³/mol. The molecule has 2 rings (SSSR count). The zero-order valence-electron chi connectivity index (χ0n) is 12.5. The van der Waals surface area contributed by atoms with Crippen LogP contribution in [-0.4, -0.2) is 11.2 Å². The number of carbonyl (C=O) groups is 1. The Hall–Kier alpha value is -1.74. The van der Waals surface area contributed by atoms with Crippen molar-refractivity contribution in [3.05, 3.63) is 60.2 Å². The van der Waals surface area contributed by atoms with E-state index in [1.807, 2.05) is 42.1 Å². The first kappa shape index (κ1) is 15.6. The molecule has 0 saturated carbocycles. The second-order valence-electron chi connectivity index (χ2n) is 5.19. The van der Waals surface area contributed by atoms with Crippen molar-refractivity contribution in [2.45, 2.75) is 36.8 Å². The largest absolute Gasteiger partial charge is 0.326 e. The standard InChI is InChI=1S/C18H21NOS/c1-14-8-11-17(12-9-14)21-15(2)10-13-18(20)19-16-6-4-3-5-7-16/h3-9,11-12,15H,10,13H2,1-2H3,(H,19,20). The first-order chi connectivity index (χ1) is 10.1. The molecule has 0 fully saturated rings. The van der Waals surface area contributed by atoms with E-state index in [2.05, 4.69) is 43.4 Å². The zero-order chi connectivity index (χ0) is 15.1. The first-order valence-corrected chi connectivity index (χ1v) is 8.09. The average molecular weight is 299 g/mol. The second-order valence-corrected chi connectivity index (χ2v) is 6.71. The van der Waals surface area contributed by atoms with Gasteiger partial charge in [-0.2, -0.15) is 0 Å². The van der Waals surface area contributed by atoms with Crippen molar-refractivity contribution in [1.82, 2.24) is 0 Å². The van der Waals surface area contributed by atoms with E-state index in [0.717, 1.165) is 12.1 Å². The Morgan fingerprint density at radius 1 is 1.10 bits per heavy atom. The molecule has 2 aromatic carbocycles. The van der Waals surface area contributed by atoms with Gasteiger partial charge in [0.05, 0.1) is 0 Å². The SMILES string of the molecule is Cc1ccc(SC(C)CCC(=O)Nc2ccccc2)cc1. The number of carbonyl (C=O) groups excluding carboxylic acids is 1. The molecule has 0 aromatic heterocycles. The fourth-order valence-corrected chi connectivity index (χ4v) is 2.98. The van der Waals surface area contributed by atoms with Gasteiger partial charge in [0.1, 0.15) is 0 Å². The van der Waals surface area contributed by atoms with Gasteiger partial charge in [-0.15, -0.1) is 11.8 Å². The van der Waals surface area contributed by atoms with Crippen LogP contribution >= 0.6 is 11.8 Å². The summed E-state index contributed by atoms with van der Waals surface area (Å²) in [6.07, 6.45) is 1.42. The van der Waals surface area contributed by atoms with Crippen LogP contribution < -0.4 is 5.32 Å². The fourth-order valence-electron chi connectivity index (χ4n) is 1.99. The van der Waals surface area contributed by atoms with Gasteiger partial charge >= 0.3 is 0 Å². The van der Waals surface area contributed by atoms with Gasteiger partial charge in [0.2, 0.25) is 5.91 Å². The van der Waals surface area contributed by atoms with E-state index in [-0.39, 0.29) is 5.91 Å². The number of aryl methyl sites for hydroxylation is 1. The third-order valence-electron chi connectivity index (χ3n) is 3.19. The number of anilines is 1. The van der Waals surface area contributed by atoms with E-state index in [9.17, 15) is 4.79 Å². The summed E-state index contributed by atoms with van der Waals surface area (Å²) >= 11 is 1.82. The second kappa shape index (κ2) is 7.89. The lowest BCUT2D eigenvalue weighted by Crippen LogP contribution is -2.13. The number of amides is 1. The van der Waals surface area contributed by atoms with Crippen LogP contribution in [0.4, 0.5) is 5.69 Å². The normalized spacial score (nSPS) is 11.9. The van der Waals surface area contributed by atoms with E-state index < -0.39 is 0 Å². The smallest absolute Gasteiger partial charge is 0.224 e. The minimum atomic E-state index is 0.0811. The number of nitrogens with one attached hydrogen (secondary N) is 1. The number of para-hydroxylation sites is 1. The van der Waals surface area contributed by atoms with Crippen LogP contribution in [0.5, 0.6) is 0 Å². The van der Waals surface area contributed by atoms with Gasteiger partial charge in [-0.3, -0.25) is 4.79 Å². The summed E-state index contributed by atoms with van der Waals surface area (Å²) in [7, 11) is 0. The van der Waals surface area contributed by atoms with Gasteiger partial charge < -0.3 is 5.32 Å². The average Bonchev–Trinajstić information content (AvgIpc) is 2.49. The highest BCUT2D eigenvalue weighted by Crippen LogP contribution is 2.26. The van der Waals surface area contributed by atoms with Gasteiger partial charge in [-0.05, 0) is 37.6 Å². The Bertz CT molecular complexity index is 566. The van der Waals surface area contributed by atoms with Crippen LogP contribution in [0.15, 0.2) is 59.5 Å². The molecule has 1 unspecified atom stereocenters. The van der Waals surface area contributed by atoms with Gasteiger partial charge in [0.15, 0.2) is 0 Å². The molecule has 0 heterocycles. The summed E-state index contributed by atoms with van der Waals surface area (Å²) in [5.41, 5.74) is 2.13. The molecule has 0 radical (unpaired) electrons. The molecule has 21 heavy (non-hydrogen) atoms. The molecule has 110 valence electrons. The highest BCUT2D eigenvalue weighted by atomic mass is 32.2. The molecule has 2 aromatic rings.